The van der Waals surface area contributed by atoms with Crippen LogP contribution in [0.3, 0.4) is 0 Å². The molecule has 210 valence electrons. The highest BCUT2D eigenvalue weighted by molar-refractivity contribution is 8.01. The van der Waals surface area contributed by atoms with Crippen molar-refractivity contribution in [2.75, 3.05) is 22.7 Å². The maximum Gasteiger partial charge on any atom is 0.573 e. The number of allylic oxidation sites excluding steroid dienone is 1. The molecule has 1 aliphatic carbocycles. The molecule has 0 bridgehead atoms. The summed E-state index contributed by atoms with van der Waals surface area (Å²) in [6.07, 6.45) is 1.98. The lowest BCUT2D eigenvalue weighted by molar-refractivity contribution is -0.274. The van der Waals surface area contributed by atoms with E-state index in [2.05, 4.69) is 46.5 Å². The van der Waals surface area contributed by atoms with Crippen molar-refractivity contribution in [3.8, 4) is 5.75 Å². The molecule has 0 spiro atoms. The van der Waals surface area contributed by atoms with E-state index < -0.39 is 6.36 Å². The van der Waals surface area contributed by atoms with E-state index in [1.165, 1.54) is 46.5 Å². The van der Waals surface area contributed by atoms with E-state index in [1.54, 1.807) is 17.1 Å². The number of benzene rings is 2. The van der Waals surface area contributed by atoms with Crippen LogP contribution in [0.5, 0.6) is 5.75 Å². The van der Waals surface area contributed by atoms with Crippen molar-refractivity contribution in [3.05, 3.63) is 65.7 Å². The Morgan fingerprint density at radius 2 is 1.90 bits per heavy atom. The van der Waals surface area contributed by atoms with Crippen LogP contribution in [0.15, 0.2) is 65.2 Å². The topological polar surface area (TPSA) is 95.2 Å². The van der Waals surface area contributed by atoms with Crippen LogP contribution in [0, 0.1) is 0 Å². The highest BCUT2D eigenvalue weighted by Crippen LogP contribution is 2.29. The van der Waals surface area contributed by atoms with E-state index in [0.717, 1.165) is 36.5 Å². The van der Waals surface area contributed by atoms with Crippen molar-refractivity contribution >= 4 is 34.9 Å². The number of ether oxygens (including phenoxy) is 1. The Balaban J connectivity index is 0.000000187. The van der Waals surface area contributed by atoms with Gasteiger partial charge in [-0.1, -0.05) is 38.1 Å². The molecule has 1 unspecified atom stereocenters. The van der Waals surface area contributed by atoms with Crippen LogP contribution >= 0.6 is 11.8 Å². The molecule has 2 heterocycles. The molecule has 4 N–H and O–H groups in total. The van der Waals surface area contributed by atoms with Crippen LogP contribution in [0.1, 0.15) is 51.0 Å². The normalized spacial score (nSPS) is 19.3. The predicted molar refractivity (Wildman–Crippen MR) is 149 cm³/mol. The monoisotopic (exact) mass is 562 g/mol. The van der Waals surface area contributed by atoms with Crippen LogP contribution in [0.25, 0.3) is 0 Å². The summed E-state index contributed by atoms with van der Waals surface area (Å²) in [5.41, 5.74) is 7.27. The fourth-order valence-corrected chi connectivity index (χ4v) is 5.29. The molecule has 5 rings (SSSR count). The van der Waals surface area contributed by atoms with Gasteiger partial charge >= 0.3 is 6.36 Å². The van der Waals surface area contributed by atoms with E-state index in [-0.39, 0.29) is 17.2 Å². The van der Waals surface area contributed by atoms with Crippen LogP contribution < -0.4 is 26.3 Å². The number of rotatable bonds is 6. The Bertz CT molecular complexity index is 1200. The van der Waals surface area contributed by atoms with Gasteiger partial charge < -0.3 is 10.1 Å². The zero-order valence-electron chi connectivity index (χ0n) is 21.9. The molecule has 2 aromatic carbocycles. The molecular weight excluding hydrogens is 529 g/mol. The molecule has 0 radical (unpaired) electrons. The van der Waals surface area contributed by atoms with E-state index in [4.69, 9.17) is 5.84 Å². The summed E-state index contributed by atoms with van der Waals surface area (Å²) in [5.74, 6) is 7.17. The first-order valence-corrected chi connectivity index (χ1v) is 13.8. The number of nitrogens with one attached hydrogen (secondary N) is 2. The first kappa shape index (κ1) is 28.6. The Morgan fingerprint density at radius 3 is 2.51 bits per heavy atom. The molecule has 1 amide bonds. The van der Waals surface area contributed by atoms with Crippen molar-refractivity contribution in [1.29, 1.82) is 0 Å². The number of hydrogen-bond donors (Lipinski definition) is 3. The summed E-state index contributed by atoms with van der Waals surface area (Å²) in [6, 6.07) is 13.8. The number of carbonyl (C=O) groups excluding carboxylic acids is 1. The number of hydrazine groups is 2. The number of anilines is 2. The van der Waals surface area contributed by atoms with Crippen LogP contribution in [-0.4, -0.2) is 41.0 Å². The number of aliphatic imine (C=N–C) groups is 1. The molecule has 8 nitrogen and oxygen atoms in total. The van der Waals surface area contributed by atoms with Gasteiger partial charge in [-0.15, -0.1) is 24.9 Å². The summed E-state index contributed by atoms with van der Waals surface area (Å²) in [6.45, 7) is 4.73. The molecule has 1 fully saturated rings. The summed E-state index contributed by atoms with van der Waals surface area (Å²) < 4.78 is 40.3. The largest absolute Gasteiger partial charge is 0.573 e. The second kappa shape index (κ2) is 12.6. The molecule has 2 aromatic rings. The minimum absolute atomic E-state index is 0.0328. The lowest BCUT2D eigenvalue weighted by Gasteiger charge is -2.23. The third kappa shape index (κ3) is 7.82. The number of amidine groups is 1. The lowest BCUT2D eigenvalue weighted by atomic mass is 9.99. The highest BCUT2D eigenvalue weighted by Gasteiger charge is 2.31. The predicted octanol–water partition coefficient (Wildman–Crippen LogP) is 5.72. The van der Waals surface area contributed by atoms with E-state index >= 15 is 0 Å². The molecule has 39 heavy (non-hydrogen) atoms. The van der Waals surface area contributed by atoms with Gasteiger partial charge in [-0.05, 0) is 73.1 Å². The minimum atomic E-state index is -4.67. The summed E-state index contributed by atoms with van der Waals surface area (Å²) >= 11 is 1.51. The summed E-state index contributed by atoms with van der Waals surface area (Å²) in [5, 5.41) is 6.37. The van der Waals surface area contributed by atoms with Crippen LogP contribution in [0.4, 0.5) is 24.5 Å². The second-order valence-corrected chi connectivity index (χ2v) is 10.6. The number of amides is 1. The molecule has 1 atom stereocenters. The number of hydrogen-bond acceptors (Lipinski definition) is 8. The van der Waals surface area contributed by atoms with Gasteiger partial charge in [0.25, 0.3) is 0 Å². The van der Waals surface area contributed by atoms with Gasteiger partial charge in [0.15, 0.2) is 5.50 Å². The van der Waals surface area contributed by atoms with Gasteiger partial charge in [-0.25, -0.2) is 15.8 Å². The number of halogens is 3. The molecule has 0 aromatic heterocycles. The van der Waals surface area contributed by atoms with E-state index in [1.807, 2.05) is 18.2 Å². The van der Waals surface area contributed by atoms with Crippen molar-refractivity contribution in [3.63, 3.8) is 0 Å². The van der Waals surface area contributed by atoms with Gasteiger partial charge in [-0.2, -0.15) is 0 Å². The van der Waals surface area contributed by atoms with E-state index in [9.17, 15) is 18.0 Å². The minimum Gasteiger partial charge on any atom is -0.406 e. The van der Waals surface area contributed by atoms with Gasteiger partial charge in [0.05, 0.1) is 11.4 Å². The number of para-hydroxylation sites is 1. The lowest BCUT2D eigenvalue weighted by Crippen LogP contribution is -2.42. The number of nitrogens with zero attached hydrogens (tertiary/aromatic N) is 3. The molecule has 0 saturated carbocycles. The van der Waals surface area contributed by atoms with Crippen molar-refractivity contribution < 1.29 is 22.7 Å². The molecule has 3 aliphatic rings. The quantitative estimate of drug-likeness (QED) is 0.306. The average Bonchev–Trinajstić information content (AvgIpc) is 3.53. The fraction of sp³-hybridized carbons (Fsp3) is 0.407. The maximum atomic E-state index is 12.1. The molecule has 1 saturated heterocycles. The maximum absolute atomic E-state index is 12.1. The van der Waals surface area contributed by atoms with Crippen molar-refractivity contribution in [2.24, 2.45) is 10.8 Å². The smallest absolute Gasteiger partial charge is 0.406 e. The Labute approximate surface area is 230 Å². The summed E-state index contributed by atoms with van der Waals surface area (Å²) in [7, 11) is 0. The number of carbonyl (C=O) groups is 1. The molecule has 12 heteroatoms. The Hall–Kier alpha value is -3.38. The fourth-order valence-electron chi connectivity index (χ4n) is 4.35. The van der Waals surface area contributed by atoms with E-state index in [0.29, 0.717) is 18.3 Å². The summed E-state index contributed by atoms with van der Waals surface area (Å²) in [4.78, 5) is 15.8. The molecule has 2 aliphatic heterocycles. The van der Waals surface area contributed by atoms with Crippen LogP contribution in [-0.2, 0) is 4.79 Å². The highest BCUT2D eigenvalue weighted by atomic mass is 32.2. The SMILES string of the molecule is CC(C)c1ccccc1NC1SCC(=O)N1N.FC(F)(F)Oc1ccc(N2CN=C(C3=CCCCC3)N2)cc1. The van der Waals surface area contributed by atoms with Crippen LogP contribution in [0.2, 0.25) is 0 Å². The Kier molecular flexibility index (Phi) is 9.28. The van der Waals surface area contributed by atoms with Gasteiger partial charge in [-0.3, -0.25) is 15.2 Å². The third-order valence-electron chi connectivity index (χ3n) is 6.36. The van der Waals surface area contributed by atoms with Crippen molar-refractivity contribution in [2.45, 2.75) is 57.3 Å². The van der Waals surface area contributed by atoms with Crippen molar-refractivity contribution in [1.82, 2.24) is 10.4 Å². The second-order valence-electron chi connectivity index (χ2n) is 9.56. The van der Waals surface area contributed by atoms with Gasteiger partial charge in [0, 0.05) is 5.69 Å². The zero-order valence-corrected chi connectivity index (χ0v) is 22.7. The molecular formula is C27H33F3N6O2S. The first-order chi connectivity index (χ1) is 18.6. The number of alkyl halides is 3. The Morgan fingerprint density at radius 1 is 1.15 bits per heavy atom. The standard InChI is InChI=1S/C15H16F3N3O.C12H17N3OS/c16-15(17,18)22-13-8-6-12(7-9-13)21-10-19-14(20-21)11-4-2-1-3-5-11;1-8(2)9-5-3-4-6-10(9)14-12-15(13)11(16)7-17-12/h4,6-9H,1-3,5,10H2,(H,19,20);3-6,8,12,14H,7,13H2,1-2H3. The zero-order chi connectivity index (χ0) is 28.0. The number of nitrogens with two attached hydrogens (primary N) is 1. The average molecular weight is 563 g/mol. The number of thioether (sulfide) groups is 1. The van der Waals surface area contributed by atoms with Gasteiger partial charge in [0.1, 0.15) is 18.3 Å². The van der Waals surface area contributed by atoms with Gasteiger partial charge in [0.2, 0.25) is 5.91 Å². The first-order valence-electron chi connectivity index (χ1n) is 12.8. The third-order valence-corrected chi connectivity index (χ3v) is 7.43.